The summed E-state index contributed by atoms with van der Waals surface area (Å²) in [6.45, 7) is 4.95. The van der Waals surface area contributed by atoms with Gasteiger partial charge in [0.15, 0.2) is 0 Å². The van der Waals surface area contributed by atoms with Crippen molar-refractivity contribution >= 4 is 11.9 Å². The zero-order valence-electron chi connectivity index (χ0n) is 19.3. The monoisotopic (exact) mass is 494 g/mol. The second-order valence-electron chi connectivity index (χ2n) is 7.76. The van der Waals surface area contributed by atoms with Gasteiger partial charge in [-0.2, -0.15) is 13.2 Å². The summed E-state index contributed by atoms with van der Waals surface area (Å²) in [6, 6.07) is 13.8. The third kappa shape index (κ3) is 9.42. The lowest BCUT2D eigenvalue weighted by atomic mass is 10.0. The minimum absolute atomic E-state index is 0.195. The number of carboxylic acids is 2. The maximum atomic E-state index is 13.4. The number of hydrogen-bond acceptors (Lipinski definition) is 5. The molecule has 1 aliphatic rings. The Bertz CT molecular complexity index is 989. The molecule has 3 rings (SSSR count). The molecule has 2 aromatic carbocycles. The molecule has 1 atom stereocenters. The van der Waals surface area contributed by atoms with E-state index in [0.717, 1.165) is 36.9 Å². The first-order valence-corrected chi connectivity index (χ1v) is 11.1. The van der Waals surface area contributed by atoms with Crippen LogP contribution in [0.3, 0.4) is 0 Å². The average Bonchev–Trinajstić information content (AvgIpc) is 3.34. The number of nitrogens with zero attached hydrogens (tertiary/aromatic N) is 1. The topological polar surface area (TPSA) is 99.1 Å². The van der Waals surface area contributed by atoms with Gasteiger partial charge in [-0.15, -0.1) is 0 Å². The van der Waals surface area contributed by atoms with Crippen LogP contribution in [0.4, 0.5) is 13.2 Å². The number of benzene rings is 2. The van der Waals surface area contributed by atoms with Crippen LogP contribution in [0.5, 0.6) is 5.75 Å². The third-order valence-corrected chi connectivity index (χ3v) is 5.26. The lowest BCUT2D eigenvalue weighted by Crippen LogP contribution is -2.36. The van der Waals surface area contributed by atoms with Gasteiger partial charge in [0.2, 0.25) is 0 Å². The van der Waals surface area contributed by atoms with E-state index in [2.05, 4.69) is 10.2 Å². The molecule has 0 radical (unpaired) electrons. The third-order valence-electron chi connectivity index (χ3n) is 5.26. The largest absolute Gasteiger partial charge is 0.494 e. The van der Waals surface area contributed by atoms with Crippen LogP contribution in [0, 0.1) is 0 Å². The molecule has 0 amide bonds. The SMILES string of the molecule is CCOc1ccccc1CN(Cc1ccccc1C(F)(F)F)[C@H]1CCNC1.O=C(O)C=CC(=O)O. The van der Waals surface area contributed by atoms with E-state index in [-0.39, 0.29) is 12.6 Å². The first-order chi connectivity index (χ1) is 16.6. The van der Waals surface area contributed by atoms with E-state index < -0.39 is 23.7 Å². The zero-order valence-corrected chi connectivity index (χ0v) is 19.3. The highest BCUT2D eigenvalue weighted by molar-refractivity contribution is 5.89. The van der Waals surface area contributed by atoms with Crippen molar-refractivity contribution in [2.24, 2.45) is 0 Å². The fourth-order valence-electron chi connectivity index (χ4n) is 3.71. The van der Waals surface area contributed by atoms with Crippen molar-refractivity contribution in [2.75, 3.05) is 19.7 Å². The summed E-state index contributed by atoms with van der Waals surface area (Å²) in [5.74, 6) is -1.72. The Morgan fingerprint density at radius 1 is 1.03 bits per heavy atom. The minimum Gasteiger partial charge on any atom is -0.494 e. The smallest absolute Gasteiger partial charge is 0.416 e. The first-order valence-electron chi connectivity index (χ1n) is 11.1. The summed E-state index contributed by atoms with van der Waals surface area (Å²) in [5, 5.41) is 18.9. The molecule has 7 nitrogen and oxygen atoms in total. The molecule has 1 aliphatic heterocycles. The summed E-state index contributed by atoms with van der Waals surface area (Å²) in [6.07, 6.45) is -2.31. The van der Waals surface area contributed by atoms with E-state index in [0.29, 0.717) is 30.9 Å². The Balaban J connectivity index is 0.000000466. The zero-order chi connectivity index (χ0) is 25.8. The predicted molar refractivity (Wildman–Crippen MR) is 124 cm³/mol. The average molecular weight is 495 g/mol. The van der Waals surface area contributed by atoms with E-state index in [1.165, 1.54) is 6.07 Å². The lowest BCUT2D eigenvalue weighted by Gasteiger charge is -2.30. The highest BCUT2D eigenvalue weighted by Crippen LogP contribution is 2.33. The fraction of sp³-hybridized carbons (Fsp3) is 0.360. The molecular weight excluding hydrogens is 465 g/mol. The number of carboxylic acid groups (broad SMARTS) is 2. The summed E-state index contributed by atoms with van der Waals surface area (Å²) < 4.78 is 46.0. The molecular formula is C25H29F3N2O5. The van der Waals surface area contributed by atoms with Gasteiger partial charge in [0, 0.05) is 43.4 Å². The highest BCUT2D eigenvalue weighted by Gasteiger charge is 2.34. The molecule has 0 spiro atoms. The number of para-hydroxylation sites is 1. The van der Waals surface area contributed by atoms with Crippen LogP contribution in [0.2, 0.25) is 0 Å². The van der Waals surface area contributed by atoms with Crippen LogP contribution >= 0.6 is 0 Å². The molecule has 10 heteroatoms. The summed E-state index contributed by atoms with van der Waals surface area (Å²) >= 11 is 0. The van der Waals surface area contributed by atoms with Crippen LogP contribution < -0.4 is 10.1 Å². The number of hydrogen-bond donors (Lipinski definition) is 3. The van der Waals surface area contributed by atoms with Crippen LogP contribution in [0.15, 0.2) is 60.7 Å². The van der Waals surface area contributed by atoms with Crippen molar-refractivity contribution in [1.82, 2.24) is 10.2 Å². The number of alkyl halides is 3. The van der Waals surface area contributed by atoms with Gasteiger partial charge < -0.3 is 20.3 Å². The quantitative estimate of drug-likeness (QED) is 0.450. The number of ether oxygens (including phenoxy) is 1. The van der Waals surface area contributed by atoms with Crippen LogP contribution in [0.1, 0.15) is 30.0 Å². The number of rotatable bonds is 9. The maximum Gasteiger partial charge on any atom is 0.416 e. The van der Waals surface area contributed by atoms with Gasteiger partial charge in [0.05, 0.1) is 12.2 Å². The molecule has 0 bridgehead atoms. The molecule has 190 valence electrons. The number of halogens is 3. The van der Waals surface area contributed by atoms with Gasteiger partial charge in [-0.3, -0.25) is 4.90 Å². The molecule has 35 heavy (non-hydrogen) atoms. The van der Waals surface area contributed by atoms with Gasteiger partial charge in [-0.25, -0.2) is 9.59 Å². The standard InChI is InChI=1S/C21H25F3N2O.C4H4O4/c1-2-27-20-10-6-4-8-17(20)15-26(18-11-12-25-13-18)14-16-7-3-5-9-19(16)21(22,23)24;5-3(6)1-2-4(7)8/h3-10,18,25H,2,11-15H2,1H3;1-2H,(H,5,6)(H,7,8)/t18-;/m0./s1. The normalized spacial score (nSPS) is 15.6. The number of carbonyl (C=O) groups is 2. The van der Waals surface area contributed by atoms with E-state index in [9.17, 15) is 22.8 Å². The molecule has 3 N–H and O–H groups in total. The Labute approximate surface area is 201 Å². The van der Waals surface area contributed by atoms with Crippen molar-refractivity contribution in [1.29, 1.82) is 0 Å². The van der Waals surface area contributed by atoms with Crippen molar-refractivity contribution in [3.8, 4) is 5.75 Å². The van der Waals surface area contributed by atoms with E-state index >= 15 is 0 Å². The summed E-state index contributed by atoms with van der Waals surface area (Å²) in [5.41, 5.74) is 0.751. The lowest BCUT2D eigenvalue weighted by molar-refractivity contribution is -0.138. The molecule has 2 aromatic rings. The molecule has 0 aliphatic carbocycles. The number of aliphatic carboxylic acids is 2. The predicted octanol–water partition coefficient (Wildman–Crippen LogP) is 4.18. The summed E-state index contributed by atoms with van der Waals surface area (Å²) in [4.78, 5) is 21.2. The van der Waals surface area contributed by atoms with Crippen LogP contribution in [-0.2, 0) is 28.9 Å². The number of nitrogens with one attached hydrogen (secondary N) is 1. The van der Waals surface area contributed by atoms with Crippen molar-refractivity contribution < 1.29 is 37.7 Å². The Morgan fingerprint density at radius 3 is 2.14 bits per heavy atom. The van der Waals surface area contributed by atoms with Crippen molar-refractivity contribution in [3.63, 3.8) is 0 Å². The van der Waals surface area contributed by atoms with Gasteiger partial charge in [0.25, 0.3) is 0 Å². The molecule has 0 unspecified atom stereocenters. The van der Waals surface area contributed by atoms with Gasteiger partial charge in [-0.1, -0.05) is 36.4 Å². The van der Waals surface area contributed by atoms with Gasteiger partial charge in [0.1, 0.15) is 5.75 Å². The minimum atomic E-state index is -4.35. The van der Waals surface area contributed by atoms with Crippen LogP contribution in [-0.4, -0.2) is 52.8 Å². The van der Waals surface area contributed by atoms with E-state index in [1.807, 2.05) is 31.2 Å². The van der Waals surface area contributed by atoms with E-state index in [4.69, 9.17) is 14.9 Å². The second-order valence-corrected chi connectivity index (χ2v) is 7.76. The molecule has 0 saturated carbocycles. The molecule has 1 fully saturated rings. The fourth-order valence-corrected chi connectivity index (χ4v) is 3.71. The van der Waals surface area contributed by atoms with Gasteiger partial charge in [-0.05, 0) is 37.6 Å². The molecule has 1 saturated heterocycles. The van der Waals surface area contributed by atoms with Gasteiger partial charge >= 0.3 is 18.1 Å². The second kappa shape index (κ2) is 13.5. The first kappa shape index (κ1) is 27.9. The van der Waals surface area contributed by atoms with E-state index in [1.54, 1.807) is 12.1 Å². The van der Waals surface area contributed by atoms with Crippen molar-refractivity contribution in [3.05, 3.63) is 77.4 Å². The molecule has 1 heterocycles. The molecule has 0 aromatic heterocycles. The summed E-state index contributed by atoms with van der Waals surface area (Å²) in [7, 11) is 0. The Morgan fingerprint density at radius 2 is 1.60 bits per heavy atom. The highest BCUT2D eigenvalue weighted by atomic mass is 19.4. The Hall–Kier alpha value is -3.37. The van der Waals surface area contributed by atoms with Crippen molar-refractivity contribution in [2.45, 2.75) is 38.7 Å². The maximum absolute atomic E-state index is 13.4. The Kier molecular flexibility index (Phi) is 10.8. The van der Waals surface area contributed by atoms with Crippen LogP contribution in [0.25, 0.3) is 0 Å².